The molecule has 3 aromatic heterocycles. The van der Waals surface area contributed by atoms with Crippen LogP contribution < -0.4 is 0 Å². The van der Waals surface area contributed by atoms with Crippen LogP contribution in [0.25, 0.3) is 111 Å². The van der Waals surface area contributed by atoms with Gasteiger partial charge in [-0.15, -0.1) is 0 Å². The summed E-state index contributed by atoms with van der Waals surface area (Å²) in [6.45, 7) is 0. The zero-order valence-corrected chi connectivity index (χ0v) is 30.1. The Bertz CT molecular complexity index is 3220. The lowest BCUT2D eigenvalue weighted by molar-refractivity contribution is 0.669. The van der Waals surface area contributed by atoms with E-state index in [4.69, 9.17) is 23.8 Å². The molecule has 0 amide bonds. The van der Waals surface area contributed by atoms with Gasteiger partial charge in [-0.05, 0) is 58.1 Å². The van der Waals surface area contributed by atoms with Crippen molar-refractivity contribution in [3.05, 3.63) is 188 Å². The summed E-state index contributed by atoms with van der Waals surface area (Å²) < 4.78 is 12.8. The van der Waals surface area contributed by atoms with E-state index in [-0.39, 0.29) is 0 Å². The molecule has 0 radical (unpaired) electrons. The highest BCUT2D eigenvalue weighted by molar-refractivity contribution is 6.17. The second-order valence-corrected chi connectivity index (χ2v) is 14.0. The maximum absolute atomic E-state index is 6.67. The van der Waals surface area contributed by atoms with Crippen LogP contribution in [0.1, 0.15) is 0 Å². The van der Waals surface area contributed by atoms with E-state index in [1.807, 2.05) is 60.7 Å². The Kier molecular flexibility index (Phi) is 7.42. The normalized spacial score (nSPS) is 11.6. The van der Waals surface area contributed by atoms with E-state index in [1.54, 1.807) is 0 Å². The zero-order valence-electron chi connectivity index (χ0n) is 30.1. The lowest BCUT2D eigenvalue weighted by Crippen LogP contribution is -2.00. The molecule has 11 aromatic rings. The molecule has 262 valence electrons. The first kappa shape index (κ1) is 31.9. The fourth-order valence-corrected chi connectivity index (χ4v) is 7.78. The van der Waals surface area contributed by atoms with E-state index in [1.165, 1.54) is 5.56 Å². The van der Waals surface area contributed by atoms with Crippen molar-refractivity contribution < 1.29 is 8.83 Å². The highest BCUT2D eigenvalue weighted by atomic mass is 16.3. The Balaban J connectivity index is 1.00. The van der Waals surface area contributed by atoms with Crippen LogP contribution >= 0.6 is 0 Å². The first-order valence-corrected chi connectivity index (χ1v) is 18.7. The van der Waals surface area contributed by atoms with Gasteiger partial charge >= 0.3 is 0 Å². The summed E-state index contributed by atoms with van der Waals surface area (Å²) in [4.78, 5) is 14.9. The molecular weight excluding hydrogens is 687 g/mol. The highest BCUT2D eigenvalue weighted by Gasteiger charge is 2.19. The van der Waals surface area contributed by atoms with Crippen molar-refractivity contribution in [1.29, 1.82) is 0 Å². The summed E-state index contributed by atoms with van der Waals surface area (Å²) in [7, 11) is 0. The van der Waals surface area contributed by atoms with Gasteiger partial charge in [-0.25, -0.2) is 15.0 Å². The van der Waals surface area contributed by atoms with Crippen molar-refractivity contribution in [3.63, 3.8) is 0 Å². The average molecular weight is 718 g/mol. The molecule has 0 bridgehead atoms. The molecule has 0 atom stereocenters. The van der Waals surface area contributed by atoms with Crippen LogP contribution in [0.4, 0.5) is 0 Å². The molecule has 0 spiro atoms. The number of furan rings is 2. The summed E-state index contributed by atoms with van der Waals surface area (Å²) in [6, 6.07) is 64.5. The maximum Gasteiger partial charge on any atom is 0.164 e. The van der Waals surface area contributed by atoms with Gasteiger partial charge < -0.3 is 8.83 Å². The van der Waals surface area contributed by atoms with Crippen LogP contribution in [-0.2, 0) is 0 Å². The van der Waals surface area contributed by atoms with Crippen LogP contribution in [0.3, 0.4) is 0 Å². The molecule has 5 heteroatoms. The van der Waals surface area contributed by atoms with Gasteiger partial charge in [0.25, 0.3) is 0 Å². The van der Waals surface area contributed by atoms with Crippen LogP contribution in [0.15, 0.2) is 197 Å². The van der Waals surface area contributed by atoms with Crippen molar-refractivity contribution >= 4 is 43.9 Å². The third-order valence-corrected chi connectivity index (χ3v) is 10.6. The molecule has 0 unspecified atom stereocenters. The van der Waals surface area contributed by atoms with Crippen molar-refractivity contribution in [3.8, 4) is 67.5 Å². The molecule has 5 nitrogen and oxygen atoms in total. The van der Waals surface area contributed by atoms with Gasteiger partial charge in [-0.2, -0.15) is 0 Å². The predicted octanol–water partition coefficient (Wildman–Crippen LogP) is 13.7. The minimum absolute atomic E-state index is 0.610. The van der Waals surface area contributed by atoms with Gasteiger partial charge in [0.05, 0.1) is 0 Å². The lowest BCUT2D eigenvalue weighted by Gasteiger charge is -2.11. The van der Waals surface area contributed by atoms with Crippen LogP contribution in [0, 0.1) is 0 Å². The summed E-state index contributed by atoms with van der Waals surface area (Å²) >= 11 is 0. The first-order chi connectivity index (χ1) is 27.7. The number of hydrogen-bond donors (Lipinski definition) is 0. The topological polar surface area (TPSA) is 65.0 Å². The van der Waals surface area contributed by atoms with Crippen LogP contribution in [-0.4, -0.2) is 15.0 Å². The van der Waals surface area contributed by atoms with E-state index in [2.05, 4.69) is 127 Å². The Hall–Kier alpha value is -7.63. The molecule has 0 aliphatic carbocycles. The Morgan fingerprint density at radius 1 is 0.286 bits per heavy atom. The highest BCUT2D eigenvalue weighted by Crippen LogP contribution is 2.43. The monoisotopic (exact) mass is 717 g/mol. The molecule has 0 aliphatic heterocycles. The lowest BCUT2D eigenvalue weighted by atomic mass is 9.93. The zero-order chi connectivity index (χ0) is 37.0. The Morgan fingerprint density at radius 2 is 0.732 bits per heavy atom. The standard InChI is InChI=1S/C51H31N3O2/c1-3-11-32(12-4-1)33-19-23-36(24-20-33)50-52-49(35-13-5-2-6-14-35)53-51(54-50)37-25-21-34(22-26-37)40-29-28-39(47-42-16-8-10-18-45(42)56-48(40)47)38-27-30-46-43(31-38)41-15-7-9-17-44(41)55-46/h1-31H. The summed E-state index contributed by atoms with van der Waals surface area (Å²) in [6.07, 6.45) is 0. The smallest absolute Gasteiger partial charge is 0.164 e. The molecule has 0 fully saturated rings. The van der Waals surface area contributed by atoms with Gasteiger partial charge in [-0.1, -0.05) is 158 Å². The van der Waals surface area contributed by atoms with E-state index in [0.717, 1.165) is 88.4 Å². The van der Waals surface area contributed by atoms with Crippen molar-refractivity contribution in [2.45, 2.75) is 0 Å². The number of para-hydroxylation sites is 2. The predicted molar refractivity (Wildman–Crippen MR) is 227 cm³/mol. The Labute approximate surface area is 322 Å². The van der Waals surface area contributed by atoms with Crippen molar-refractivity contribution in [2.75, 3.05) is 0 Å². The quantitative estimate of drug-likeness (QED) is 0.171. The second-order valence-electron chi connectivity index (χ2n) is 14.0. The molecule has 0 N–H and O–H groups in total. The number of rotatable bonds is 6. The fraction of sp³-hybridized carbons (Fsp3) is 0. The largest absolute Gasteiger partial charge is 0.456 e. The van der Waals surface area contributed by atoms with E-state index in [0.29, 0.717) is 17.5 Å². The minimum atomic E-state index is 0.610. The maximum atomic E-state index is 6.67. The number of hydrogen-bond acceptors (Lipinski definition) is 5. The van der Waals surface area contributed by atoms with Gasteiger partial charge in [0.1, 0.15) is 22.3 Å². The number of nitrogens with zero attached hydrogens (tertiary/aromatic N) is 3. The van der Waals surface area contributed by atoms with Gasteiger partial charge in [0.2, 0.25) is 0 Å². The SMILES string of the molecule is c1ccc(-c2ccc(-c3nc(-c4ccccc4)nc(-c4ccc(-c5ccc(-c6ccc7oc8ccccc8c7c6)c6c5oc5ccccc56)cc4)n3)cc2)cc1. The van der Waals surface area contributed by atoms with Crippen LogP contribution in [0.2, 0.25) is 0 Å². The summed E-state index contributed by atoms with van der Waals surface area (Å²) in [5, 5.41) is 4.37. The van der Waals surface area contributed by atoms with Crippen LogP contribution in [0.5, 0.6) is 0 Å². The molecule has 0 saturated carbocycles. The summed E-state index contributed by atoms with van der Waals surface area (Å²) in [5.41, 5.74) is 12.8. The summed E-state index contributed by atoms with van der Waals surface area (Å²) in [5.74, 6) is 1.86. The molecule has 3 heterocycles. The number of benzene rings is 8. The third-order valence-electron chi connectivity index (χ3n) is 10.6. The molecule has 0 aliphatic rings. The number of fused-ring (bicyclic) bond motifs is 6. The van der Waals surface area contributed by atoms with Gasteiger partial charge in [-0.3, -0.25) is 0 Å². The van der Waals surface area contributed by atoms with E-state index < -0.39 is 0 Å². The Morgan fingerprint density at radius 3 is 1.39 bits per heavy atom. The fourth-order valence-electron chi connectivity index (χ4n) is 7.78. The van der Waals surface area contributed by atoms with Gasteiger partial charge in [0.15, 0.2) is 17.5 Å². The third kappa shape index (κ3) is 5.45. The minimum Gasteiger partial charge on any atom is -0.456 e. The first-order valence-electron chi connectivity index (χ1n) is 18.7. The molecule has 11 rings (SSSR count). The second kappa shape index (κ2) is 13.0. The molecule has 8 aromatic carbocycles. The average Bonchev–Trinajstić information content (AvgIpc) is 3.85. The van der Waals surface area contributed by atoms with E-state index in [9.17, 15) is 0 Å². The van der Waals surface area contributed by atoms with Crippen molar-refractivity contribution in [1.82, 2.24) is 15.0 Å². The molecule has 0 saturated heterocycles. The molecule has 56 heavy (non-hydrogen) atoms. The number of aromatic nitrogens is 3. The van der Waals surface area contributed by atoms with Gasteiger partial charge in [0, 0.05) is 43.8 Å². The van der Waals surface area contributed by atoms with E-state index >= 15 is 0 Å². The van der Waals surface area contributed by atoms with Crippen molar-refractivity contribution in [2.24, 2.45) is 0 Å². The molecular formula is C51H31N3O2.